The third-order valence-corrected chi connectivity index (χ3v) is 4.45. The Bertz CT molecular complexity index is 781. The Balaban J connectivity index is 2.00. The van der Waals surface area contributed by atoms with Gasteiger partial charge >= 0.3 is 6.18 Å². The van der Waals surface area contributed by atoms with E-state index in [1.807, 2.05) is 0 Å². The molecule has 0 unspecified atom stereocenters. The number of alkyl halides is 3. The van der Waals surface area contributed by atoms with E-state index in [0.29, 0.717) is 4.52 Å². The van der Waals surface area contributed by atoms with Crippen LogP contribution in [0.4, 0.5) is 13.2 Å². The maximum absolute atomic E-state index is 13.2. The van der Waals surface area contributed by atoms with Crippen LogP contribution in [0.25, 0.3) is 5.65 Å². The zero-order valence-electron chi connectivity index (χ0n) is 13.0. The Morgan fingerprint density at radius 1 is 1.33 bits per heavy atom. The lowest BCUT2D eigenvalue weighted by Gasteiger charge is -2.22. The molecule has 1 N–H and O–H groups in total. The van der Waals surface area contributed by atoms with Gasteiger partial charge in [0.1, 0.15) is 10.7 Å². The van der Waals surface area contributed by atoms with Gasteiger partial charge in [0, 0.05) is 11.7 Å². The smallest absolute Gasteiger partial charge is 0.348 e. The summed E-state index contributed by atoms with van der Waals surface area (Å²) in [5.41, 5.74) is -1.26. The molecule has 0 atom stereocenters. The predicted molar refractivity (Wildman–Crippen MR) is 82.1 cm³/mol. The molecule has 1 amide bonds. The first-order valence-electron chi connectivity index (χ1n) is 7.71. The SMILES string of the molecule is Cc1cc(C(F)(F)F)n2nc(C(=O)NC3CCCCC3)c(Cl)c2n1. The first-order chi connectivity index (χ1) is 11.3. The molecule has 0 aromatic carbocycles. The number of rotatable bonds is 2. The highest BCUT2D eigenvalue weighted by molar-refractivity contribution is 6.36. The minimum Gasteiger partial charge on any atom is -0.348 e. The van der Waals surface area contributed by atoms with Crippen molar-refractivity contribution < 1.29 is 18.0 Å². The van der Waals surface area contributed by atoms with Gasteiger partial charge in [-0.3, -0.25) is 4.79 Å². The van der Waals surface area contributed by atoms with Gasteiger partial charge in [-0.1, -0.05) is 30.9 Å². The molecule has 9 heteroatoms. The number of nitrogens with one attached hydrogen (secondary N) is 1. The summed E-state index contributed by atoms with van der Waals surface area (Å²) >= 11 is 6.09. The van der Waals surface area contributed by atoms with Crippen molar-refractivity contribution in [2.45, 2.75) is 51.2 Å². The third-order valence-electron chi connectivity index (χ3n) is 4.11. The number of carbonyl (C=O) groups excluding carboxylic acids is 1. The standard InChI is InChI=1S/C15H16ClF3N4O/c1-8-7-10(15(17,18)19)23-13(20-8)11(16)12(22-23)14(24)21-9-5-3-2-4-6-9/h7,9H,2-6H2,1H3,(H,21,24). The Labute approximate surface area is 141 Å². The molecule has 24 heavy (non-hydrogen) atoms. The van der Waals surface area contributed by atoms with Gasteiger partial charge in [-0.05, 0) is 25.8 Å². The van der Waals surface area contributed by atoms with Gasteiger partial charge < -0.3 is 5.32 Å². The van der Waals surface area contributed by atoms with E-state index < -0.39 is 17.8 Å². The van der Waals surface area contributed by atoms with Crippen LogP contribution in [-0.4, -0.2) is 26.5 Å². The highest BCUT2D eigenvalue weighted by Gasteiger charge is 2.36. The molecule has 0 aliphatic heterocycles. The number of carbonyl (C=O) groups is 1. The van der Waals surface area contributed by atoms with E-state index in [9.17, 15) is 18.0 Å². The quantitative estimate of drug-likeness (QED) is 0.886. The molecule has 5 nitrogen and oxygen atoms in total. The van der Waals surface area contributed by atoms with E-state index in [0.717, 1.165) is 38.2 Å². The van der Waals surface area contributed by atoms with Crippen LogP contribution < -0.4 is 5.32 Å². The predicted octanol–water partition coefficient (Wildman–Crippen LogP) is 3.77. The second kappa shape index (κ2) is 6.23. The molecule has 2 aromatic rings. The summed E-state index contributed by atoms with van der Waals surface area (Å²) in [6.45, 7) is 1.43. The minimum atomic E-state index is -4.63. The molecule has 1 aliphatic carbocycles. The van der Waals surface area contributed by atoms with Crippen molar-refractivity contribution in [1.29, 1.82) is 0 Å². The zero-order valence-corrected chi connectivity index (χ0v) is 13.7. The van der Waals surface area contributed by atoms with Gasteiger partial charge in [-0.15, -0.1) is 0 Å². The number of amides is 1. The Morgan fingerprint density at radius 3 is 2.62 bits per heavy atom. The van der Waals surface area contributed by atoms with Crippen molar-refractivity contribution in [1.82, 2.24) is 19.9 Å². The Kier molecular flexibility index (Phi) is 4.42. The molecule has 2 aromatic heterocycles. The van der Waals surface area contributed by atoms with Gasteiger partial charge in [0.25, 0.3) is 5.91 Å². The molecule has 0 spiro atoms. The van der Waals surface area contributed by atoms with E-state index >= 15 is 0 Å². The van der Waals surface area contributed by atoms with Crippen LogP contribution in [-0.2, 0) is 6.18 Å². The van der Waals surface area contributed by atoms with E-state index in [2.05, 4.69) is 15.4 Å². The van der Waals surface area contributed by atoms with Crippen LogP contribution in [0.1, 0.15) is 54.0 Å². The average molecular weight is 361 g/mol. The van der Waals surface area contributed by atoms with E-state index in [1.54, 1.807) is 0 Å². The summed E-state index contributed by atoms with van der Waals surface area (Å²) in [7, 11) is 0. The Hall–Kier alpha value is -1.83. The fourth-order valence-electron chi connectivity index (χ4n) is 2.96. The fourth-order valence-corrected chi connectivity index (χ4v) is 3.21. The number of fused-ring (bicyclic) bond motifs is 1. The van der Waals surface area contributed by atoms with Crippen molar-refractivity contribution in [3.05, 3.63) is 28.2 Å². The number of hydrogen-bond acceptors (Lipinski definition) is 3. The number of hydrogen-bond donors (Lipinski definition) is 1. The minimum absolute atomic E-state index is 0.00362. The van der Waals surface area contributed by atoms with Gasteiger partial charge in [0.05, 0.1) is 0 Å². The fraction of sp³-hybridized carbons (Fsp3) is 0.533. The maximum atomic E-state index is 13.2. The maximum Gasteiger partial charge on any atom is 0.433 e. The first kappa shape index (κ1) is 17.0. The van der Waals surface area contributed by atoms with Crippen LogP contribution in [0.3, 0.4) is 0 Å². The van der Waals surface area contributed by atoms with Gasteiger partial charge in [0.2, 0.25) is 0 Å². The number of aryl methyl sites for hydroxylation is 1. The third kappa shape index (κ3) is 3.19. The summed E-state index contributed by atoms with van der Waals surface area (Å²) in [6.07, 6.45) is 0.230. The monoisotopic (exact) mass is 360 g/mol. The van der Waals surface area contributed by atoms with E-state index in [4.69, 9.17) is 11.6 Å². The summed E-state index contributed by atoms with van der Waals surface area (Å²) in [4.78, 5) is 16.4. The molecule has 1 aliphatic rings. The largest absolute Gasteiger partial charge is 0.433 e. The summed E-state index contributed by atoms with van der Waals surface area (Å²) in [5.74, 6) is -0.567. The van der Waals surface area contributed by atoms with Crippen molar-refractivity contribution >= 4 is 23.2 Å². The average Bonchev–Trinajstić information content (AvgIpc) is 2.84. The van der Waals surface area contributed by atoms with Crippen molar-refractivity contribution in [2.75, 3.05) is 0 Å². The number of aromatic nitrogens is 3. The number of halogens is 4. The lowest BCUT2D eigenvalue weighted by Crippen LogP contribution is -2.36. The molecule has 2 heterocycles. The second-order valence-electron chi connectivity index (χ2n) is 5.99. The van der Waals surface area contributed by atoms with Gasteiger partial charge in [-0.2, -0.15) is 18.3 Å². The molecule has 1 fully saturated rings. The molecule has 130 valence electrons. The van der Waals surface area contributed by atoms with Crippen LogP contribution in [0.2, 0.25) is 5.02 Å². The summed E-state index contributed by atoms with van der Waals surface area (Å²) < 4.78 is 40.1. The summed E-state index contributed by atoms with van der Waals surface area (Å²) in [6, 6.07) is 0.878. The lowest BCUT2D eigenvalue weighted by atomic mass is 9.95. The van der Waals surface area contributed by atoms with Crippen LogP contribution in [0.5, 0.6) is 0 Å². The van der Waals surface area contributed by atoms with E-state index in [-0.39, 0.29) is 28.1 Å². The first-order valence-corrected chi connectivity index (χ1v) is 8.09. The van der Waals surface area contributed by atoms with Crippen molar-refractivity contribution in [2.24, 2.45) is 0 Å². The molecule has 0 radical (unpaired) electrons. The Morgan fingerprint density at radius 2 is 2.00 bits per heavy atom. The van der Waals surface area contributed by atoms with Gasteiger partial charge in [-0.25, -0.2) is 9.50 Å². The molecular formula is C15H16ClF3N4O. The number of nitrogens with zero attached hydrogens (tertiary/aromatic N) is 3. The highest BCUT2D eigenvalue weighted by atomic mass is 35.5. The van der Waals surface area contributed by atoms with Crippen molar-refractivity contribution in [3.8, 4) is 0 Å². The molecular weight excluding hydrogens is 345 g/mol. The summed E-state index contributed by atoms with van der Waals surface area (Å²) in [5, 5.41) is 6.41. The molecule has 0 bridgehead atoms. The van der Waals surface area contributed by atoms with Crippen LogP contribution in [0.15, 0.2) is 6.07 Å². The van der Waals surface area contributed by atoms with Gasteiger partial charge in [0.15, 0.2) is 11.3 Å². The van der Waals surface area contributed by atoms with Crippen molar-refractivity contribution in [3.63, 3.8) is 0 Å². The molecule has 3 rings (SSSR count). The normalized spacial score (nSPS) is 16.5. The van der Waals surface area contributed by atoms with Crippen LogP contribution >= 0.6 is 11.6 Å². The lowest BCUT2D eigenvalue weighted by molar-refractivity contribution is -0.142. The molecule has 0 saturated heterocycles. The second-order valence-corrected chi connectivity index (χ2v) is 6.36. The molecule has 1 saturated carbocycles. The highest BCUT2D eigenvalue weighted by Crippen LogP contribution is 2.32. The van der Waals surface area contributed by atoms with E-state index in [1.165, 1.54) is 6.92 Å². The zero-order chi connectivity index (χ0) is 17.5. The van der Waals surface area contributed by atoms with Crippen LogP contribution in [0, 0.1) is 6.92 Å². The topological polar surface area (TPSA) is 59.3 Å².